The van der Waals surface area contributed by atoms with Crippen molar-refractivity contribution < 1.29 is 0 Å². The molecule has 0 heterocycles. The first kappa shape index (κ1) is 26.4. The van der Waals surface area contributed by atoms with Gasteiger partial charge >= 0.3 is 0 Å². The number of hydrogen-bond donors (Lipinski definition) is 0. The lowest BCUT2D eigenvalue weighted by Gasteiger charge is -1.99. The fraction of sp³-hybridized carbons (Fsp3) is 0.0303. The van der Waals surface area contributed by atoms with Crippen LogP contribution in [-0.2, 0) is 0 Å². The van der Waals surface area contributed by atoms with Crippen molar-refractivity contribution in [2.24, 2.45) is 0 Å². The molecule has 0 aromatic carbocycles. The third-order valence-corrected chi connectivity index (χ3v) is 2.41. The van der Waals surface area contributed by atoms with Crippen LogP contribution in [0.25, 0.3) is 0 Å². The fourth-order valence-corrected chi connectivity index (χ4v) is 1.08. The van der Waals surface area contributed by atoms with Crippen LogP contribution in [0.3, 0.4) is 0 Å². The van der Waals surface area contributed by atoms with E-state index in [2.05, 4.69) is 175 Å². The maximum Gasteiger partial charge on any atom is -0.00000000000931 e. The molecule has 0 spiro atoms. The van der Waals surface area contributed by atoms with Gasteiger partial charge < -0.3 is 0 Å². The zero-order chi connectivity index (χ0) is 24.2. The SMILES string of the molecule is C=C=C=C=C=C=C=C=C=C=C=C=C=C=C=C(C)C([CH2-])=C=C=C=C=C=C=C=C=C=C=C=C=C=C. The minimum absolute atomic E-state index is 0.527. The van der Waals surface area contributed by atoms with Gasteiger partial charge in [0, 0.05) is 0 Å². The summed E-state index contributed by atoms with van der Waals surface area (Å²) in [5.41, 5.74) is 69.6. The molecule has 0 nitrogen and oxygen atoms in total. The van der Waals surface area contributed by atoms with Gasteiger partial charge in [-0.05, 0) is 139 Å². The van der Waals surface area contributed by atoms with Crippen LogP contribution in [0.2, 0.25) is 0 Å². The summed E-state index contributed by atoms with van der Waals surface area (Å²) in [6, 6.07) is 0. The Balaban J connectivity index is 6.16. The lowest BCUT2D eigenvalue weighted by molar-refractivity contribution is 1.46. The van der Waals surface area contributed by atoms with Gasteiger partial charge in [0.15, 0.2) is 0 Å². The van der Waals surface area contributed by atoms with Crippen LogP contribution in [0.1, 0.15) is 6.92 Å². The molecule has 33 heavy (non-hydrogen) atoms. The fourth-order valence-electron chi connectivity index (χ4n) is 1.08. The number of hydrogen-bond acceptors (Lipinski definition) is 0. The molecule has 0 aliphatic heterocycles. The summed E-state index contributed by atoms with van der Waals surface area (Å²) >= 11 is 0. The summed E-state index contributed by atoms with van der Waals surface area (Å²) in [7, 11) is 0. The molecule has 0 radical (unpaired) electrons. The molecular formula is C33H9-. The molecule has 0 saturated carbocycles. The molecule has 0 atom stereocenters. The molecule has 0 heteroatoms. The van der Waals surface area contributed by atoms with E-state index in [9.17, 15) is 0 Å². The van der Waals surface area contributed by atoms with Crippen molar-refractivity contribution in [2.45, 2.75) is 6.92 Å². The van der Waals surface area contributed by atoms with Crippen molar-refractivity contribution in [3.8, 4) is 0 Å². The van der Waals surface area contributed by atoms with E-state index in [-0.39, 0.29) is 0 Å². The third-order valence-electron chi connectivity index (χ3n) is 2.41. The Morgan fingerprint density at radius 1 is 0.394 bits per heavy atom. The molecule has 0 aliphatic carbocycles. The van der Waals surface area contributed by atoms with Crippen molar-refractivity contribution in [1.29, 1.82) is 0 Å². The Kier molecular flexibility index (Phi) is 17.4. The minimum atomic E-state index is 0.527. The molecule has 0 fully saturated rings. The summed E-state index contributed by atoms with van der Waals surface area (Å²) in [4.78, 5) is 0. The Labute approximate surface area is 192 Å². The average molecular weight is 405 g/mol. The van der Waals surface area contributed by atoms with Crippen LogP contribution in [0, 0.1) is 6.92 Å². The lowest BCUT2D eigenvalue weighted by Crippen LogP contribution is -1.71. The summed E-state index contributed by atoms with van der Waals surface area (Å²) in [5, 5.41) is 0. The molecular weight excluding hydrogens is 396 g/mol. The van der Waals surface area contributed by atoms with E-state index < -0.39 is 0 Å². The van der Waals surface area contributed by atoms with E-state index in [0.29, 0.717) is 11.1 Å². The monoisotopic (exact) mass is 405 g/mol. The second kappa shape index (κ2) is 21.7. The van der Waals surface area contributed by atoms with Gasteiger partial charge in [0.25, 0.3) is 0 Å². The van der Waals surface area contributed by atoms with Gasteiger partial charge in [-0.25, -0.2) is 5.73 Å². The van der Waals surface area contributed by atoms with Gasteiger partial charge in [-0.15, -0.1) is 11.3 Å². The predicted molar refractivity (Wildman–Crippen MR) is 124 cm³/mol. The zero-order valence-electron chi connectivity index (χ0n) is 17.6. The lowest BCUT2D eigenvalue weighted by atomic mass is 10.1. The van der Waals surface area contributed by atoms with Gasteiger partial charge in [-0.2, -0.15) is 6.92 Å². The highest BCUT2D eigenvalue weighted by Gasteiger charge is 1.74. The Hall–Kier alpha value is -6.59. The van der Waals surface area contributed by atoms with E-state index in [0.717, 1.165) is 0 Å². The van der Waals surface area contributed by atoms with Crippen LogP contribution in [0.4, 0.5) is 0 Å². The highest BCUT2D eigenvalue weighted by atomic mass is 13.9. The van der Waals surface area contributed by atoms with Gasteiger partial charge in [0.2, 0.25) is 0 Å². The van der Waals surface area contributed by atoms with Gasteiger partial charge in [-0.3, -0.25) is 0 Å². The number of allylic oxidation sites excluding steroid dienone is 2. The summed E-state index contributed by atoms with van der Waals surface area (Å²) in [6.07, 6.45) is 0. The minimum Gasteiger partial charge on any atom is -0.219 e. The largest absolute Gasteiger partial charge is 0.219 e. The summed E-state index contributed by atoms with van der Waals surface area (Å²) in [5.74, 6) is 0. The van der Waals surface area contributed by atoms with Crippen LogP contribution in [-0.4, -0.2) is 0 Å². The molecule has 0 saturated heterocycles. The standard InChI is InChI=1S/C33H9/c1-5-7-9-11-13-15-17-19-21-23-25-27-29-31-33(4)32(3)30-28-26-24-22-20-18-16-14-12-10-8-6-2/h1-3H2,4H3/q-1. The van der Waals surface area contributed by atoms with E-state index in [4.69, 9.17) is 0 Å². The second-order valence-corrected chi connectivity index (χ2v) is 4.58. The molecule has 0 amide bonds. The molecule has 0 aliphatic rings. The van der Waals surface area contributed by atoms with Crippen LogP contribution >= 0.6 is 0 Å². The van der Waals surface area contributed by atoms with Gasteiger partial charge in [0.05, 0.1) is 0 Å². The highest BCUT2D eigenvalue weighted by Crippen LogP contribution is 2.01. The Morgan fingerprint density at radius 3 is 0.939 bits per heavy atom. The van der Waals surface area contributed by atoms with Crippen molar-refractivity contribution in [1.82, 2.24) is 0 Å². The van der Waals surface area contributed by atoms with E-state index >= 15 is 0 Å². The Morgan fingerprint density at radius 2 is 0.636 bits per heavy atom. The van der Waals surface area contributed by atoms with E-state index in [1.54, 1.807) is 6.92 Å². The third kappa shape index (κ3) is 20.0. The molecule has 0 N–H and O–H groups in total. The summed E-state index contributed by atoms with van der Waals surface area (Å²) in [6.45, 7) is 12.2. The molecule has 142 valence electrons. The first-order valence-electron chi connectivity index (χ1n) is 8.56. The maximum absolute atomic E-state index is 3.82. The summed E-state index contributed by atoms with van der Waals surface area (Å²) < 4.78 is 0. The molecule has 0 rings (SSSR count). The van der Waals surface area contributed by atoms with Gasteiger partial charge in [0.1, 0.15) is 0 Å². The topological polar surface area (TPSA) is 0 Å². The van der Waals surface area contributed by atoms with Crippen LogP contribution < -0.4 is 0 Å². The van der Waals surface area contributed by atoms with E-state index in [1.165, 1.54) is 0 Å². The van der Waals surface area contributed by atoms with Gasteiger partial charge in [-0.1, -0.05) is 29.7 Å². The van der Waals surface area contributed by atoms with Crippen molar-refractivity contribution >= 4 is 0 Å². The highest BCUT2D eigenvalue weighted by molar-refractivity contribution is 5.29. The van der Waals surface area contributed by atoms with Crippen molar-refractivity contribution in [2.75, 3.05) is 0 Å². The van der Waals surface area contributed by atoms with Crippen molar-refractivity contribution in [3.63, 3.8) is 0 Å². The maximum atomic E-state index is 3.82. The zero-order valence-corrected chi connectivity index (χ0v) is 17.6. The number of rotatable bonds is 1. The van der Waals surface area contributed by atoms with Crippen LogP contribution in [0.15, 0.2) is 179 Å². The normalized spacial score (nSPS) is 4.64. The van der Waals surface area contributed by atoms with E-state index in [1.807, 2.05) is 0 Å². The average Bonchev–Trinajstić information content (AvgIpc) is 2.82. The second-order valence-electron chi connectivity index (χ2n) is 4.58. The molecule has 0 bridgehead atoms. The molecule has 0 aromatic heterocycles. The Bertz CT molecular complexity index is 1890. The molecule has 0 aromatic rings. The first-order chi connectivity index (χ1) is 16.2. The van der Waals surface area contributed by atoms with Crippen molar-refractivity contribution in [3.05, 3.63) is 186 Å². The smallest absolute Gasteiger partial charge is 0.00000000000931 e. The quantitative estimate of drug-likeness (QED) is 0.279. The van der Waals surface area contributed by atoms with Crippen LogP contribution in [0.5, 0.6) is 0 Å². The molecule has 0 unspecified atom stereocenters. The first-order valence-corrected chi connectivity index (χ1v) is 8.56. The predicted octanol–water partition coefficient (Wildman–Crippen LogP) is 6.14.